The topological polar surface area (TPSA) is 95.6 Å². The van der Waals surface area contributed by atoms with Crippen LogP contribution in [-0.4, -0.2) is 25.5 Å². The van der Waals surface area contributed by atoms with E-state index in [0.717, 1.165) is 38.4 Å². The van der Waals surface area contributed by atoms with Gasteiger partial charge >= 0.3 is 0 Å². The van der Waals surface area contributed by atoms with Crippen molar-refractivity contribution in [1.29, 1.82) is 0 Å². The number of rotatable bonds is 6. The highest BCUT2D eigenvalue weighted by Gasteiger charge is 2.16. The Bertz CT molecular complexity index is 1450. The number of aromatic nitrogens is 3. The second-order valence-electron chi connectivity index (χ2n) is 7.48. The fourth-order valence-electron chi connectivity index (χ4n) is 3.74. The molecule has 3 aromatic carbocycles. The average Bonchev–Trinajstić information content (AvgIpc) is 3.39. The highest BCUT2D eigenvalue weighted by Crippen LogP contribution is 2.38. The summed E-state index contributed by atoms with van der Waals surface area (Å²) in [7, 11) is 0. The van der Waals surface area contributed by atoms with Crippen molar-refractivity contribution >= 4 is 45.3 Å². The SMILES string of the molecule is CCn1c(O)c(N=NC(=O)c2ccc(CSc3nc4ccccc4[nH]3)cc2)c2ccccc21. The lowest BCUT2D eigenvalue weighted by Crippen LogP contribution is -1.94. The third-order valence-corrected chi connectivity index (χ3v) is 6.36. The van der Waals surface area contributed by atoms with Crippen molar-refractivity contribution in [2.45, 2.75) is 24.4 Å². The molecule has 2 aromatic heterocycles. The number of amides is 1. The summed E-state index contributed by atoms with van der Waals surface area (Å²) < 4.78 is 1.74. The molecule has 2 heterocycles. The number of hydrogen-bond donors (Lipinski definition) is 2. The van der Waals surface area contributed by atoms with Crippen LogP contribution >= 0.6 is 11.8 Å². The number of nitrogens with one attached hydrogen (secondary N) is 1. The van der Waals surface area contributed by atoms with Gasteiger partial charge in [0.25, 0.3) is 5.91 Å². The van der Waals surface area contributed by atoms with Gasteiger partial charge in [0.05, 0.1) is 16.6 Å². The Morgan fingerprint density at radius 2 is 1.82 bits per heavy atom. The third kappa shape index (κ3) is 4.12. The first-order valence-corrected chi connectivity index (χ1v) is 11.6. The van der Waals surface area contributed by atoms with Gasteiger partial charge in [0, 0.05) is 23.2 Å². The van der Waals surface area contributed by atoms with Crippen LogP contribution < -0.4 is 0 Å². The molecule has 164 valence electrons. The summed E-state index contributed by atoms with van der Waals surface area (Å²) in [5, 5.41) is 20.1. The molecule has 0 saturated carbocycles. The minimum atomic E-state index is -0.459. The van der Waals surface area contributed by atoms with Crippen molar-refractivity contribution in [3.05, 3.63) is 83.9 Å². The molecule has 2 N–H and O–H groups in total. The Kier molecular flexibility index (Phi) is 5.66. The van der Waals surface area contributed by atoms with Crippen molar-refractivity contribution in [2.75, 3.05) is 0 Å². The maximum absolute atomic E-state index is 12.6. The van der Waals surface area contributed by atoms with Crippen LogP contribution in [0.3, 0.4) is 0 Å². The van der Waals surface area contributed by atoms with Crippen molar-refractivity contribution in [3.8, 4) is 5.88 Å². The zero-order valence-corrected chi connectivity index (χ0v) is 18.7. The maximum Gasteiger partial charge on any atom is 0.295 e. The van der Waals surface area contributed by atoms with Crippen LogP contribution in [0.15, 0.2) is 88.2 Å². The molecule has 0 spiro atoms. The van der Waals surface area contributed by atoms with Gasteiger partial charge in [0.1, 0.15) is 0 Å². The van der Waals surface area contributed by atoms with Gasteiger partial charge in [-0.3, -0.25) is 4.79 Å². The molecular weight excluding hydrogens is 434 g/mol. The molecule has 0 radical (unpaired) electrons. The van der Waals surface area contributed by atoms with Gasteiger partial charge < -0.3 is 14.7 Å². The Morgan fingerprint density at radius 1 is 1.06 bits per heavy atom. The predicted octanol–water partition coefficient (Wildman–Crippen LogP) is 6.46. The van der Waals surface area contributed by atoms with E-state index in [-0.39, 0.29) is 5.88 Å². The number of aromatic amines is 1. The van der Waals surface area contributed by atoms with E-state index in [4.69, 9.17) is 0 Å². The number of H-pyrrole nitrogens is 1. The molecule has 0 unspecified atom stereocenters. The summed E-state index contributed by atoms with van der Waals surface area (Å²) in [5.41, 5.74) is 4.62. The quantitative estimate of drug-likeness (QED) is 0.227. The summed E-state index contributed by atoms with van der Waals surface area (Å²) in [5.74, 6) is 0.271. The molecule has 0 aliphatic heterocycles. The third-order valence-electron chi connectivity index (χ3n) is 5.42. The van der Waals surface area contributed by atoms with Crippen LogP contribution in [0.25, 0.3) is 21.9 Å². The highest BCUT2D eigenvalue weighted by molar-refractivity contribution is 7.98. The van der Waals surface area contributed by atoms with Gasteiger partial charge in [-0.25, -0.2) is 4.98 Å². The van der Waals surface area contributed by atoms with E-state index in [1.54, 1.807) is 28.5 Å². The first-order chi connectivity index (χ1) is 16.1. The molecule has 5 rings (SSSR count). The van der Waals surface area contributed by atoms with E-state index in [9.17, 15) is 9.90 Å². The van der Waals surface area contributed by atoms with Crippen LogP contribution in [0.5, 0.6) is 5.88 Å². The Hall–Kier alpha value is -3.91. The minimum Gasteiger partial charge on any atom is -0.493 e. The fourth-order valence-corrected chi connectivity index (χ4v) is 4.58. The number of benzene rings is 3. The van der Waals surface area contributed by atoms with E-state index in [0.29, 0.717) is 17.8 Å². The number of carbonyl (C=O) groups is 1. The van der Waals surface area contributed by atoms with E-state index < -0.39 is 5.91 Å². The number of aromatic hydroxyl groups is 1. The van der Waals surface area contributed by atoms with Crippen LogP contribution in [0.1, 0.15) is 22.8 Å². The molecule has 0 fully saturated rings. The van der Waals surface area contributed by atoms with E-state index in [2.05, 4.69) is 20.2 Å². The van der Waals surface area contributed by atoms with Gasteiger partial charge in [-0.1, -0.05) is 54.2 Å². The largest absolute Gasteiger partial charge is 0.493 e. The molecule has 0 aliphatic rings. The summed E-state index contributed by atoms with van der Waals surface area (Å²) in [6.07, 6.45) is 0. The maximum atomic E-state index is 12.6. The number of aryl methyl sites for hydroxylation is 1. The first-order valence-electron chi connectivity index (χ1n) is 10.6. The zero-order valence-electron chi connectivity index (χ0n) is 17.9. The molecule has 33 heavy (non-hydrogen) atoms. The summed E-state index contributed by atoms with van der Waals surface area (Å²) in [6, 6.07) is 22.7. The highest BCUT2D eigenvalue weighted by atomic mass is 32.2. The number of fused-ring (bicyclic) bond motifs is 2. The number of thioether (sulfide) groups is 1. The lowest BCUT2D eigenvalue weighted by Gasteiger charge is -2.01. The monoisotopic (exact) mass is 455 g/mol. The van der Waals surface area contributed by atoms with Crippen molar-refractivity contribution < 1.29 is 9.90 Å². The summed E-state index contributed by atoms with van der Waals surface area (Å²) >= 11 is 1.60. The molecule has 0 aliphatic carbocycles. The number of azo groups is 1. The van der Waals surface area contributed by atoms with Crippen LogP contribution in [0.2, 0.25) is 0 Å². The second kappa shape index (κ2) is 8.91. The average molecular weight is 456 g/mol. The molecule has 0 bridgehead atoms. The summed E-state index contributed by atoms with van der Waals surface area (Å²) in [6.45, 7) is 2.52. The van der Waals surface area contributed by atoms with Crippen molar-refractivity contribution in [3.63, 3.8) is 0 Å². The lowest BCUT2D eigenvalue weighted by molar-refractivity contribution is 0.0995. The normalized spacial score (nSPS) is 11.7. The van der Waals surface area contributed by atoms with E-state index in [1.807, 2.05) is 67.6 Å². The fraction of sp³-hybridized carbons (Fsp3) is 0.120. The standard InChI is InChI=1S/C25H21N5O2S/c1-2-30-21-10-6-3-7-18(21)22(24(30)32)28-29-23(31)17-13-11-16(12-14-17)15-33-25-26-19-8-4-5-9-20(19)27-25/h3-14,32H,2,15H2,1H3,(H,26,27). The molecular formula is C25H21N5O2S. The zero-order chi connectivity index (χ0) is 22.8. The van der Waals surface area contributed by atoms with Crippen LogP contribution in [0, 0.1) is 0 Å². The van der Waals surface area contributed by atoms with Crippen molar-refractivity contribution in [1.82, 2.24) is 14.5 Å². The van der Waals surface area contributed by atoms with Gasteiger partial charge in [-0.15, -0.1) is 10.2 Å². The molecule has 0 saturated heterocycles. The van der Waals surface area contributed by atoms with Crippen molar-refractivity contribution in [2.24, 2.45) is 10.2 Å². The number of hydrogen-bond acceptors (Lipinski definition) is 5. The smallest absolute Gasteiger partial charge is 0.295 e. The Balaban J connectivity index is 1.28. The molecule has 0 atom stereocenters. The van der Waals surface area contributed by atoms with Crippen LogP contribution in [0.4, 0.5) is 5.69 Å². The first kappa shape index (κ1) is 21.0. The molecule has 8 heteroatoms. The van der Waals surface area contributed by atoms with Gasteiger partial charge in [0.15, 0.2) is 10.8 Å². The number of para-hydroxylation sites is 3. The molecule has 1 amide bonds. The number of nitrogens with zero attached hydrogens (tertiary/aromatic N) is 4. The van der Waals surface area contributed by atoms with Gasteiger partial charge in [0.2, 0.25) is 5.88 Å². The predicted molar refractivity (Wildman–Crippen MR) is 130 cm³/mol. The Labute approximate surface area is 194 Å². The Morgan fingerprint density at radius 3 is 2.61 bits per heavy atom. The molecule has 7 nitrogen and oxygen atoms in total. The number of imidazole rings is 1. The van der Waals surface area contributed by atoms with Crippen LogP contribution in [-0.2, 0) is 12.3 Å². The minimum absolute atomic E-state index is 0.00760. The lowest BCUT2D eigenvalue weighted by atomic mass is 10.1. The van der Waals surface area contributed by atoms with E-state index >= 15 is 0 Å². The van der Waals surface area contributed by atoms with Gasteiger partial charge in [-0.2, -0.15) is 0 Å². The second-order valence-corrected chi connectivity index (χ2v) is 8.45. The number of carbonyl (C=O) groups excluding carboxylic acids is 1. The van der Waals surface area contributed by atoms with Gasteiger partial charge in [-0.05, 0) is 42.8 Å². The molecule has 5 aromatic rings. The summed E-state index contributed by atoms with van der Waals surface area (Å²) in [4.78, 5) is 20.4. The van der Waals surface area contributed by atoms with E-state index in [1.165, 1.54) is 0 Å².